The number of carbonyl (C=O) groups excluding carboxylic acids is 2. The number of rotatable bonds is 1. The van der Waals surface area contributed by atoms with Crippen molar-refractivity contribution in [3.63, 3.8) is 0 Å². The van der Waals surface area contributed by atoms with E-state index >= 15 is 0 Å². The fourth-order valence-electron chi connectivity index (χ4n) is 6.15. The Kier molecular flexibility index (Phi) is 3.68. The van der Waals surface area contributed by atoms with Gasteiger partial charge in [0.1, 0.15) is 11.6 Å². The summed E-state index contributed by atoms with van der Waals surface area (Å²) in [5, 5.41) is 11.1. The van der Waals surface area contributed by atoms with Crippen LogP contribution in [-0.4, -0.2) is 22.8 Å². The molecule has 0 heterocycles. The quantitative estimate of drug-likeness (QED) is 0.752. The third kappa shape index (κ3) is 1.92. The van der Waals surface area contributed by atoms with Gasteiger partial charge in [-0.1, -0.05) is 26.8 Å². The average Bonchev–Trinajstić information content (AvgIpc) is 2.87. The van der Waals surface area contributed by atoms with E-state index in [-0.39, 0.29) is 34.7 Å². The summed E-state index contributed by atoms with van der Waals surface area (Å²) in [5.74, 6) is 0.373. The number of aliphatic hydroxyl groups is 1. The Labute approximate surface area is 139 Å². The molecular formula is C20H30O3. The molecule has 23 heavy (non-hydrogen) atoms. The number of carbonyl (C=O) groups is 2. The molecule has 1 N–H and O–H groups in total. The van der Waals surface area contributed by atoms with Gasteiger partial charge >= 0.3 is 0 Å². The van der Waals surface area contributed by atoms with Crippen molar-refractivity contribution in [2.45, 2.75) is 65.9 Å². The highest BCUT2D eigenvalue weighted by molar-refractivity contribution is 5.92. The summed E-state index contributed by atoms with van der Waals surface area (Å²) in [6, 6.07) is 0. The molecule has 0 saturated heterocycles. The van der Waals surface area contributed by atoms with E-state index < -0.39 is 16.9 Å². The number of aliphatic hydroxyl groups excluding tert-OH is 1. The molecule has 0 aromatic rings. The second-order valence-corrected chi connectivity index (χ2v) is 8.87. The van der Waals surface area contributed by atoms with Crippen LogP contribution >= 0.6 is 0 Å². The van der Waals surface area contributed by atoms with Crippen LogP contribution < -0.4 is 0 Å². The first-order chi connectivity index (χ1) is 10.6. The summed E-state index contributed by atoms with van der Waals surface area (Å²) < 4.78 is 0. The van der Waals surface area contributed by atoms with Crippen molar-refractivity contribution in [3.8, 4) is 0 Å². The maximum absolute atomic E-state index is 13.2. The fraction of sp³-hybridized carbons (Fsp3) is 0.800. The van der Waals surface area contributed by atoms with Crippen LogP contribution in [0.2, 0.25) is 0 Å². The van der Waals surface area contributed by atoms with Crippen LogP contribution in [0.3, 0.4) is 0 Å². The molecule has 0 aromatic carbocycles. The first kappa shape index (κ1) is 16.9. The molecule has 2 bridgehead atoms. The molecule has 0 amide bonds. The molecule has 3 saturated carbocycles. The van der Waals surface area contributed by atoms with Crippen molar-refractivity contribution in [3.05, 3.63) is 12.7 Å². The van der Waals surface area contributed by atoms with Gasteiger partial charge in [0.2, 0.25) is 0 Å². The minimum absolute atomic E-state index is 0.152. The fourth-order valence-corrected chi connectivity index (χ4v) is 6.15. The molecule has 3 aliphatic rings. The minimum atomic E-state index is -0.708. The zero-order valence-corrected chi connectivity index (χ0v) is 14.9. The summed E-state index contributed by atoms with van der Waals surface area (Å²) in [6.45, 7) is 12.1. The van der Waals surface area contributed by atoms with E-state index in [4.69, 9.17) is 0 Å². The monoisotopic (exact) mass is 318 g/mol. The molecule has 0 spiro atoms. The average molecular weight is 318 g/mol. The van der Waals surface area contributed by atoms with E-state index in [1.165, 1.54) is 0 Å². The second-order valence-electron chi connectivity index (χ2n) is 8.87. The molecule has 128 valence electrons. The molecule has 7 atom stereocenters. The van der Waals surface area contributed by atoms with E-state index in [0.29, 0.717) is 12.8 Å². The third-order valence-corrected chi connectivity index (χ3v) is 8.06. The maximum atomic E-state index is 13.2. The summed E-state index contributed by atoms with van der Waals surface area (Å²) >= 11 is 0. The summed E-state index contributed by atoms with van der Waals surface area (Å²) in [4.78, 5) is 26.1. The Morgan fingerprint density at radius 1 is 1.22 bits per heavy atom. The highest BCUT2D eigenvalue weighted by Gasteiger charge is 2.67. The van der Waals surface area contributed by atoms with Crippen LogP contribution in [0, 0.1) is 34.0 Å². The number of allylic oxidation sites excluding steroid dienone is 1. The molecule has 0 aliphatic heterocycles. The van der Waals surface area contributed by atoms with Gasteiger partial charge in [-0.25, -0.2) is 0 Å². The lowest BCUT2D eigenvalue weighted by Gasteiger charge is -2.59. The van der Waals surface area contributed by atoms with Gasteiger partial charge in [-0.3, -0.25) is 9.59 Å². The van der Waals surface area contributed by atoms with E-state index in [1.54, 1.807) is 6.08 Å². The Balaban J connectivity index is 2.23. The van der Waals surface area contributed by atoms with Crippen LogP contribution in [0.4, 0.5) is 0 Å². The van der Waals surface area contributed by atoms with Gasteiger partial charge in [0.25, 0.3) is 0 Å². The van der Waals surface area contributed by atoms with Gasteiger partial charge in [-0.15, -0.1) is 6.58 Å². The lowest BCUT2D eigenvalue weighted by molar-refractivity contribution is -0.175. The first-order valence-electron chi connectivity index (χ1n) is 9.02. The van der Waals surface area contributed by atoms with Crippen molar-refractivity contribution >= 4 is 11.6 Å². The number of hydrogen-bond donors (Lipinski definition) is 1. The summed E-state index contributed by atoms with van der Waals surface area (Å²) in [7, 11) is 0. The van der Waals surface area contributed by atoms with E-state index in [2.05, 4.69) is 20.4 Å². The van der Waals surface area contributed by atoms with Crippen LogP contribution in [0.5, 0.6) is 0 Å². The largest absolute Gasteiger partial charge is 0.392 e. The lowest BCUT2D eigenvalue weighted by atomic mass is 9.44. The van der Waals surface area contributed by atoms with Crippen LogP contribution in [0.25, 0.3) is 0 Å². The third-order valence-electron chi connectivity index (χ3n) is 8.06. The zero-order chi connectivity index (χ0) is 17.2. The van der Waals surface area contributed by atoms with Crippen molar-refractivity contribution in [1.29, 1.82) is 0 Å². The second kappa shape index (κ2) is 5.02. The van der Waals surface area contributed by atoms with Gasteiger partial charge in [0, 0.05) is 29.1 Å². The molecule has 0 radical (unpaired) electrons. The highest BCUT2D eigenvalue weighted by atomic mass is 16.3. The molecule has 3 aliphatic carbocycles. The number of ketones is 2. The Hall–Kier alpha value is -0.960. The van der Waals surface area contributed by atoms with Crippen molar-refractivity contribution in [2.24, 2.45) is 34.0 Å². The highest BCUT2D eigenvalue weighted by Crippen LogP contribution is 2.66. The number of hydrogen-bond acceptors (Lipinski definition) is 3. The summed E-state index contributed by atoms with van der Waals surface area (Å²) in [5.41, 5.74) is -1.41. The normalized spacial score (nSPS) is 53.4. The van der Waals surface area contributed by atoms with Gasteiger partial charge in [0.05, 0.1) is 6.10 Å². The lowest BCUT2D eigenvalue weighted by Crippen LogP contribution is -2.61. The summed E-state index contributed by atoms with van der Waals surface area (Å²) in [6.07, 6.45) is 4.71. The number of Topliss-reactive ketones (excluding diaryl/α,β-unsaturated/α-hetero) is 2. The minimum Gasteiger partial charge on any atom is -0.392 e. The topological polar surface area (TPSA) is 54.4 Å². The SMILES string of the molecule is C=C[C@]1(C)C[C@@H](O)[C@@]2(C)[C@@H](C)CC[C@@]3(CCC(=O)[C@@H]32)[C@@H](C)C1=O. The van der Waals surface area contributed by atoms with Gasteiger partial charge in [0.15, 0.2) is 0 Å². The van der Waals surface area contributed by atoms with Crippen molar-refractivity contribution < 1.29 is 14.7 Å². The van der Waals surface area contributed by atoms with Gasteiger partial charge in [-0.05, 0) is 43.9 Å². The Morgan fingerprint density at radius 2 is 1.87 bits per heavy atom. The Morgan fingerprint density at radius 3 is 2.48 bits per heavy atom. The van der Waals surface area contributed by atoms with Gasteiger partial charge in [-0.2, -0.15) is 0 Å². The Bertz CT molecular complexity index is 567. The van der Waals surface area contributed by atoms with Gasteiger partial charge < -0.3 is 5.11 Å². The van der Waals surface area contributed by atoms with Crippen LogP contribution in [0.15, 0.2) is 12.7 Å². The molecular weight excluding hydrogens is 288 g/mol. The molecule has 3 heteroatoms. The predicted octanol–water partition coefficient (Wildman–Crippen LogP) is 3.55. The predicted molar refractivity (Wildman–Crippen MR) is 89.8 cm³/mol. The standard InChI is InChI=1S/C20H30O3/c1-6-18(4)11-15(22)19(5)12(2)7-9-20(13(3)17(18)23)10-8-14(21)16(19)20/h6,12-13,15-16,22H,1,7-11H2,2-5H3/t12-,13-,15+,16+,18+,19+,20+/m0/s1. The van der Waals surface area contributed by atoms with Crippen molar-refractivity contribution in [2.75, 3.05) is 0 Å². The first-order valence-corrected chi connectivity index (χ1v) is 9.02. The van der Waals surface area contributed by atoms with Crippen LogP contribution in [-0.2, 0) is 9.59 Å². The van der Waals surface area contributed by atoms with E-state index in [9.17, 15) is 14.7 Å². The van der Waals surface area contributed by atoms with Crippen molar-refractivity contribution in [1.82, 2.24) is 0 Å². The molecule has 3 fully saturated rings. The zero-order valence-electron chi connectivity index (χ0n) is 14.9. The molecule has 3 rings (SSSR count). The van der Waals surface area contributed by atoms with E-state index in [1.807, 2.05) is 13.8 Å². The molecule has 0 aromatic heterocycles. The van der Waals surface area contributed by atoms with Crippen LogP contribution in [0.1, 0.15) is 59.8 Å². The maximum Gasteiger partial charge on any atom is 0.145 e. The molecule has 0 unspecified atom stereocenters. The van der Waals surface area contributed by atoms with E-state index in [0.717, 1.165) is 19.3 Å². The smallest absolute Gasteiger partial charge is 0.145 e. The molecule has 3 nitrogen and oxygen atoms in total.